The van der Waals surface area contributed by atoms with E-state index in [0.717, 1.165) is 11.3 Å². The van der Waals surface area contributed by atoms with Crippen LogP contribution in [0.15, 0.2) is 42.5 Å². The van der Waals surface area contributed by atoms with Crippen molar-refractivity contribution in [1.82, 2.24) is 0 Å². The van der Waals surface area contributed by atoms with E-state index in [0.29, 0.717) is 5.69 Å². The van der Waals surface area contributed by atoms with Crippen molar-refractivity contribution in [3.05, 3.63) is 63.7 Å². The molecule has 2 aromatic rings. The van der Waals surface area contributed by atoms with Crippen LogP contribution in [-0.4, -0.2) is 4.92 Å². The fourth-order valence-electron chi connectivity index (χ4n) is 1.72. The number of para-hydroxylation sites is 1. The summed E-state index contributed by atoms with van der Waals surface area (Å²) in [7, 11) is 0. The van der Waals surface area contributed by atoms with E-state index in [2.05, 4.69) is 5.32 Å². The number of aryl methyl sites for hydroxylation is 1. The lowest BCUT2D eigenvalue weighted by Gasteiger charge is -2.08. The van der Waals surface area contributed by atoms with Crippen molar-refractivity contribution in [2.24, 2.45) is 0 Å². The van der Waals surface area contributed by atoms with Crippen LogP contribution in [-0.2, 0) is 0 Å². The second-order valence-electron chi connectivity index (χ2n) is 4.06. The van der Waals surface area contributed by atoms with Crippen LogP contribution in [0.2, 0.25) is 0 Å². The predicted octanol–water partition coefficient (Wildman–Crippen LogP) is 3.52. The number of nitrogens with one attached hydrogen (secondary N) is 1. The van der Waals surface area contributed by atoms with E-state index < -0.39 is 4.92 Å². The van der Waals surface area contributed by atoms with Gasteiger partial charge in [-0.25, -0.2) is 0 Å². The standard InChI is InChI=1S/C14H11N3O2/c1-10-5-7-12(8-6-10)16-13-4-2-3-11(9-15)14(13)17(18)19/h2-8,16H,1H3. The highest BCUT2D eigenvalue weighted by Crippen LogP contribution is 2.30. The molecule has 0 saturated heterocycles. The van der Waals surface area contributed by atoms with Gasteiger partial charge in [-0.2, -0.15) is 5.26 Å². The first-order valence-corrected chi connectivity index (χ1v) is 5.63. The third-order valence-corrected chi connectivity index (χ3v) is 2.67. The summed E-state index contributed by atoms with van der Waals surface area (Å²) in [5.74, 6) is 0. The summed E-state index contributed by atoms with van der Waals surface area (Å²) in [5, 5.41) is 22.9. The fourth-order valence-corrected chi connectivity index (χ4v) is 1.72. The van der Waals surface area contributed by atoms with Crippen LogP contribution in [0.25, 0.3) is 0 Å². The second-order valence-corrected chi connectivity index (χ2v) is 4.06. The Morgan fingerprint density at radius 2 is 1.89 bits per heavy atom. The molecule has 19 heavy (non-hydrogen) atoms. The van der Waals surface area contributed by atoms with Crippen LogP contribution in [0.1, 0.15) is 11.1 Å². The van der Waals surface area contributed by atoms with E-state index in [1.807, 2.05) is 37.3 Å². The Labute approximate surface area is 110 Å². The highest BCUT2D eigenvalue weighted by Gasteiger charge is 2.19. The molecule has 2 rings (SSSR count). The van der Waals surface area contributed by atoms with Crippen molar-refractivity contribution < 1.29 is 4.92 Å². The van der Waals surface area contributed by atoms with Gasteiger partial charge in [-0.05, 0) is 31.2 Å². The van der Waals surface area contributed by atoms with E-state index >= 15 is 0 Å². The maximum atomic E-state index is 11.1. The molecule has 0 spiro atoms. The monoisotopic (exact) mass is 253 g/mol. The maximum Gasteiger partial charge on any atom is 0.310 e. The third kappa shape index (κ3) is 2.69. The zero-order chi connectivity index (χ0) is 13.8. The molecule has 0 saturated carbocycles. The Hall–Kier alpha value is -2.87. The zero-order valence-electron chi connectivity index (χ0n) is 10.3. The number of nitriles is 1. The number of nitro benzene ring substituents is 1. The predicted molar refractivity (Wildman–Crippen MR) is 72.3 cm³/mol. The second kappa shape index (κ2) is 5.19. The number of nitrogens with zero attached hydrogens (tertiary/aromatic N) is 2. The average Bonchev–Trinajstić information content (AvgIpc) is 2.40. The Balaban J connectivity index is 2.43. The minimum absolute atomic E-state index is 0.0436. The molecule has 0 fully saturated rings. The van der Waals surface area contributed by atoms with Crippen LogP contribution >= 0.6 is 0 Å². The lowest BCUT2D eigenvalue weighted by molar-refractivity contribution is -0.384. The van der Waals surface area contributed by atoms with Crippen LogP contribution in [0.5, 0.6) is 0 Å². The van der Waals surface area contributed by atoms with Crippen molar-refractivity contribution in [2.45, 2.75) is 6.92 Å². The first kappa shape index (κ1) is 12.6. The zero-order valence-corrected chi connectivity index (χ0v) is 10.3. The summed E-state index contributed by atoms with van der Waals surface area (Å²) in [6, 6.07) is 13.9. The van der Waals surface area contributed by atoms with Gasteiger partial charge < -0.3 is 5.32 Å². The number of benzene rings is 2. The highest BCUT2D eigenvalue weighted by molar-refractivity contribution is 5.73. The van der Waals surface area contributed by atoms with E-state index in [4.69, 9.17) is 5.26 Å². The Kier molecular flexibility index (Phi) is 3.44. The summed E-state index contributed by atoms with van der Waals surface area (Å²) in [4.78, 5) is 10.5. The molecule has 0 heterocycles. The van der Waals surface area contributed by atoms with Gasteiger partial charge in [0, 0.05) is 5.69 Å². The molecule has 0 aliphatic heterocycles. The SMILES string of the molecule is Cc1ccc(Nc2cccc(C#N)c2[N+](=O)[O-])cc1. The van der Waals surface area contributed by atoms with Crippen molar-refractivity contribution in [3.63, 3.8) is 0 Å². The summed E-state index contributed by atoms with van der Waals surface area (Å²) >= 11 is 0. The molecule has 2 aromatic carbocycles. The molecule has 0 aliphatic carbocycles. The highest BCUT2D eigenvalue weighted by atomic mass is 16.6. The molecule has 0 aromatic heterocycles. The van der Waals surface area contributed by atoms with Crippen LogP contribution < -0.4 is 5.32 Å². The van der Waals surface area contributed by atoms with Gasteiger partial charge in [-0.1, -0.05) is 23.8 Å². The minimum Gasteiger partial charge on any atom is -0.350 e. The Morgan fingerprint density at radius 1 is 1.21 bits per heavy atom. The number of hydrogen-bond acceptors (Lipinski definition) is 4. The van der Waals surface area contributed by atoms with Gasteiger partial charge in [0.2, 0.25) is 0 Å². The lowest BCUT2D eigenvalue weighted by Crippen LogP contribution is -1.99. The maximum absolute atomic E-state index is 11.1. The smallest absolute Gasteiger partial charge is 0.310 e. The molecule has 0 amide bonds. The average molecular weight is 253 g/mol. The molecule has 5 heteroatoms. The van der Waals surface area contributed by atoms with Gasteiger partial charge in [0.1, 0.15) is 17.3 Å². The molecule has 1 N–H and O–H groups in total. The van der Waals surface area contributed by atoms with Gasteiger partial charge in [0.25, 0.3) is 0 Å². The topological polar surface area (TPSA) is 79.0 Å². The van der Waals surface area contributed by atoms with Crippen LogP contribution in [0.3, 0.4) is 0 Å². The number of hydrogen-bond donors (Lipinski definition) is 1. The van der Waals surface area contributed by atoms with E-state index in [1.54, 1.807) is 12.1 Å². The summed E-state index contributed by atoms with van der Waals surface area (Å²) in [6.07, 6.45) is 0. The molecular weight excluding hydrogens is 242 g/mol. The molecule has 5 nitrogen and oxygen atoms in total. The number of anilines is 2. The Bertz CT molecular complexity index is 657. The van der Waals surface area contributed by atoms with Gasteiger partial charge in [-0.15, -0.1) is 0 Å². The van der Waals surface area contributed by atoms with Crippen molar-refractivity contribution in [3.8, 4) is 6.07 Å². The molecule has 0 aliphatic rings. The summed E-state index contributed by atoms with van der Waals surface area (Å²) < 4.78 is 0. The fraction of sp³-hybridized carbons (Fsp3) is 0.0714. The van der Waals surface area contributed by atoms with Crippen LogP contribution in [0, 0.1) is 28.4 Å². The first-order valence-electron chi connectivity index (χ1n) is 5.63. The van der Waals surface area contributed by atoms with Gasteiger partial charge in [0.05, 0.1) is 4.92 Å². The van der Waals surface area contributed by atoms with Gasteiger partial charge in [0.15, 0.2) is 0 Å². The summed E-state index contributed by atoms with van der Waals surface area (Å²) in [5.41, 5.74) is 2.00. The Morgan fingerprint density at radius 3 is 2.47 bits per heavy atom. The first-order chi connectivity index (χ1) is 9.11. The van der Waals surface area contributed by atoms with E-state index in [9.17, 15) is 10.1 Å². The molecule has 0 radical (unpaired) electrons. The number of rotatable bonds is 3. The van der Waals surface area contributed by atoms with E-state index in [1.165, 1.54) is 6.07 Å². The van der Waals surface area contributed by atoms with Crippen molar-refractivity contribution >= 4 is 17.1 Å². The molecule has 0 bridgehead atoms. The minimum atomic E-state index is -0.547. The van der Waals surface area contributed by atoms with E-state index in [-0.39, 0.29) is 11.3 Å². The molecule has 94 valence electrons. The van der Waals surface area contributed by atoms with Crippen molar-refractivity contribution in [2.75, 3.05) is 5.32 Å². The summed E-state index contributed by atoms with van der Waals surface area (Å²) in [6.45, 7) is 1.96. The van der Waals surface area contributed by atoms with Crippen LogP contribution in [0.4, 0.5) is 17.1 Å². The lowest BCUT2D eigenvalue weighted by atomic mass is 10.1. The van der Waals surface area contributed by atoms with Crippen molar-refractivity contribution in [1.29, 1.82) is 5.26 Å². The van der Waals surface area contributed by atoms with Gasteiger partial charge >= 0.3 is 5.69 Å². The largest absolute Gasteiger partial charge is 0.350 e. The molecule has 0 atom stereocenters. The molecule has 0 unspecified atom stereocenters. The van der Waals surface area contributed by atoms with Gasteiger partial charge in [-0.3, -0.25) is 10.1 Å². The third-order valence-electron chi connectivity index (χ3n) is 2.67. The quantitative estimate of drug-likeness (QED) is 0.670. The number of nitro groups is 1. The normalized spacial score (nSPS) is 9.68. The molecular formula is C14H11N3O2.